The SMILES string of the molecule is COCCNC(=O)COC(=O)CSc1ncnc2sccc12. The molecule has 0 aliphatic rings. The van der Waals surface area contributed by atoms with E-state index in [2.05, 4.69) is 15.3 Å². The van der Waals surface area contributed by atoms with Crippen molar-refractivity contribution in [2.45, 2.75) is 5.03 Å². The number of nitrogens with zero attached hydrogens (tertiary/aromatic N) is 2. The third kappa shape index (κ3) is 4.93. The molecule has 118 valence electrons. The highest BCUT2D eigenvalue weighted by Crippen LogP contribution is 2.27. The number of nitrogens with one attached hydrogen (secondary N) is 1. The first-order chi connectivity index (χ1) is 10.7. The van der Waals surface area contributed by atoms with Gasteiger partial charge in [-0.05, 0) is 11.4 Å². The number of fused-ring (bicyclic) bond motifs is 1. The van der Waals surface area contributed by atoms with E-state index in [1.165, 1.54) is 29.4 Å². The van der Waals surface area contributed by atoms with E-state index in [0.29, 0.717) is 13.2 Å². The van der Waals surface area contributed by atoms with Crippen molar-refractivity contribution in [3.05, 3.63) is 17.8 Å². The number of methoxy groups -OCH3 is 1. The molecule has 2 aromatic rings. The van der Waals surface area contributed by atoms with Crippen LogP contribution in [0, 0.1) is 0 Å². The summed E-state index contributed by atoms with van der Waals surface area (Å²) in [5, 5.41) is 6.14. The summed E-state index contributed by atoms with van der Waals surface area (Å²) in [5.41, 5.74) is 0. The van der Waals surface area contributed by atoms with Crippen LogP contribution in [0.3, 0.4) is 0 Å². The van der Waals surface area contributed by atoms with Gasteiger partial charge in [0.05, 0.1) is 12.4 Å². The molecule has 7 nitrogen and oxygen atoms in total. The number of carbonyl (C=O) groups excluding carboxylic acids is 2. The first kappa shape index (κ1) is 16.7. The molecule has 0 unspecified atom stereocenters. The van der Waals surface area contributed by atoms with Gasteiger partial charge in [-0.25, -0.2) is 9.97 Å². The monoisotopic (exact) mass is 341 g/mol. The first-order valence-corrected chi connectivity index (χ1v) is 8.29. The van der Waals surface area contributed by atoms with Gasteiger partial charge in [-0.1, -0.05) is 11.8 Å². The number of ether oxygens (including phenoxy) is 2. The van der Waals surface area contributed by atoms with Crippen LogP contribution in [-0.4, -0.2) is 54.5 Å². The highest BCUT2D eigenvalue weighted by atomic mass is 32.2. The third-order valence-electron chi connectivity index (χ3n) is 2.54. The lowest BCUT2D eigenvalue weighted by Gasteiger charge is -2.06. The second-order valence-electron chi connectivity index (χ2n) is 4.11. The molecule has 0 saturated heterocycles. The Labute approximate surface area is 135 Å². The van der Waals surface area contributed by atoms with E-state index in [1.807, 2.05) is 11.4 Å². The molecule has 1 N–H and O–H groups in total. The maximum Gasteiger partial charge on any atom is 0.316 e. The summed E-state index contributed by atoms with van der Waals surface area (Å²) in [6.07, 6.45) is 1.47. The van der Waals surface area contributed by atoms with Gasteiger partial charge >= 0.3 is 5.97 Å². The van der Waals surface area contributed by atoms with E-state index in [-0.39, 0.29) is 18.3 Å². The Balaban J connectivity index is 1.74. The summed E-state index contributed by atoms with van der Waals surface area (Å²) >= 11 is 2.78. The van der Waals surface area contributed by atoms with Crippen LogP contribution in [-0.2, 0) is 19.1 Å². The third-order valence-corrected chi connectivity index (χ3v) is 4.34. The number of thioether (sulfide) groups is 1. The van der Waals surface area contributed by atoms with Crippen LogP contribution >= 0.6 is 23.1 Å². The first-order valence-electron chi connectivity index (χ1n) is 6.43. The van der Waals surface area contributed by atoms with Crippen molar-refractivity contribution in [2.24, 2.45) is 0 Å². The van der Waals surface area contributed by atoms with Crippen molar-refractivity contribution in [3.8, 4) is 0 Å². The summed E-state index contributed by atoms with van der Waals surface area (Å²) < 4.78 is 9.69. The summed E-state index contributed by atoms with van der Waals surface area (Å²) in [5.74, 6) is -0.723. The van der Waals surface area contributed by atoms with Crippen molar-refractivity contribution in [3.63, 3.8) is 0 Å². The molecule has 0 bridgehead atoms. The molecule has 9 heteroatoms. The Kier molecular flexibility index (Phi) is 6.56. The molecule has 0 aromatic carbocycles. The minimum atomic E-state index is -0.464. The van der Waals surface area contributed by atoms with Crippen LogP contribution in [0.5, 0.6) is 0 Å². The lowest BCUT2D eigenvalue weighted by molar-refractivity contribution is -0.145. The predicted molar refractivity (Wildman–Crippen MR) is 84.0 cm³/mol. The van der Waals surface area contributed by atoms with E-state index >= 15 is 0 Å². The number of carbonyl (C=O) groups is 2. The minimum absolute atomic E-state index is 0.0906. The molecule has 0 fully saturated rings. The number of aromatic nitrogens is 2. The second kappa shape index (κ2) is 8.66. The van der Waals surface area contributed by atoms with Crippen LogP contribution in [0.25, 0.3) is 10.2 Å². The normalized spacial score (nSPS) is 10.6. The van der Waals surface area contributed by atoms with Gasteiger partial charge in [-0.2, -0.15) is 0 Å². The zero-order valence-electron chi connectivity index (χ0n) is 11.9. The van der Waals surface area contributed by atoms with E-state index in [0.717, 1.165) is 15.2 Å². The molecule has 1 amide bonds. The number of amides is 1. The van der Waals surface area contributed by atoms with Crippen LogP contribution in [0.1, 0.15) is 0 Å². The Morgan fingerprint density at radius 3 is 3.09 bits per heavy atom. The summed E-state index contributed by atoms with van der Waals surface area (Å²) in [6, 6.07) is 1.91. The topological polar surface area (TPSA) is 90.4 Å². The van der Waals surface area contributed by atoms with Gasteiger partial charge in [0.2, 0.25) is 0 Å². The summed E-state index contributed by atoms with van der Waals surface area (Å²) in [7, 11) is 1.54. The van der Waals surface area contributed by atoms with Crippen molar-refractivity contribution >= 4 is 45.2 Å². The number of rotatable bonds is 8. The van der Waals surface area contributed by atoms with E-state index in [4.69, 9.17) is 9.47 Å². The van der Waals surface area contributed by atoms with Gasteiger partial charge in [0.25, 0.3) is 5.91 Å². The summed E-state index contributed by atoms with van der Waals surface area (Å²) in [6.45, 7) is 0.513. The van der Waals surface area contributed by atoms with Crippen LogP contribution in [0.15, 0.2) is 22.8 Å². The average Bonchev–Trinajstić information content (AvgIpc) is 3.00. The number of thiophene rings is 1. The van der Waals surface area contributed by atoms with Gasteiger partial charge < -0.3 is 14.8 Å². The standard InChI is InChI=1S/C13H15N3O4S2/c1-19-4-3-14-10(17)6-20-11(18)7-22-13-9-2-5-21-12(9)15-8-16-13/h2,5,8H,3-4,6-7H2,1H3,(H,14,17). The summed E-state index contributed by atoms with van der Waals surface area (Å²) in [4.78, 5) is 32.2. The second-order valence-corrected chi connectivity index (χ2v) is 5.97. The maximum atomic E-state index is 11.6. The lowest BCUT2D eigenvalue weighted by Crippen LogP contribution is -2.31. The van der Waals surface area contributed by atoms with Gasteiger partial charge in [0, 0.05) is 19.0 Å². The lowest BCUT2D eigenvalue weighted by atomic mass is 10.4. The molecule has 0 saturated carbocycles. The Bertz CT molecular complexity index is 647. The smallest absolute Gasteiger partial charge is 0.316 e. The molecule has 0 atom stereocenters. The fraction of sp³-hybridized carbons (Fsp3) is 0.385. The Morgan fingerprint density at radius 2 is 2.27 bits per heavy atom. The highest BCUT2D eigenvalue weighted by molar-refractivity contribution is 8.00. The highest BCUT2D eigenvalue weighted by Gasteiger charge is 2.11. The van der Waals surface area contributed by atoms with Crippen molar-refractivity contribution < 1.29 is 19.1 Å². The minimum Gasteiger partial charge on any atom is -0.455 e. The fourth-order valence-electron chi connectivity index (χ4n) is 1.54. The average molecular weight is 341 g/mol. The number of esters is 1. The van der Waals surface area contributed by atoms with Gasteiger partial charge in [0.1, 0.15) is 16.2 Å². The van der Waals surface area contributed by atoms with Crippen LogP contribution < -0.4 is 5.32 Å². The van der Waals surface area contributed by atoms with E-state index < -0.39 is 5.97 Å². The zero-order valence-corrected chi connectivity index (χ0v) is 13.5. The van der Waals surface area contributed by atoms with Crippen molar-refractivity contribution in [1.82, 2.24) is 15.3 Å². The molecular formula is C13H15N3O4S2. The van der Waals surface area contributed by atoms with Gasteiger partial charge in [0.15, 0.2) is 6.61 Å². The zero-order chi connectivity index (χ0) is 15.8. The fourth-order valence-corrected chi connectivity index (χ4v) is 3.12. The van der Waals surface area contributed by atoms with Gasteiger partial charge in [-0.3, -0.25) is 9.59 Å². The molecule has 0 aliphatic heterocycles. The number of hydrogen-bond donors (Lipinski definition) is 1. The molecular weight excluding hydrogens is 326 g/mol. The predicted octanol–water partition coefficient (Wildman–Crippen LogP) is 1.09. The Hall–Kier alpha value is -1.71. The van der Waals surface area contributed by atoms with Crippen LogP contribution in [0.2, 0.25) is 0 Å². The molecule has 0 spiro atoms. The van der Waals surface area contributed by atoms with Crippen molar-refractivity contribution in [2.75, 3.05) is 32.6 Å². The molecule has 2 rings (SSSR count). The molecule has 0 radical (unpaired) electrons. The van der Waals surface area contributed by atoms with Crippen LogP contribution in [0.4, 0.5) is 0 Å². The van der Waals surface area contributed by atoms with E-state index in [1.54, 1.807) is 7.11 Å². The Morgan fingerprint density at radius 1 is 1.41 bits per heavy atom. The largest absolute Gasteiger partial charge is 0.455 e. The molecule has 2 heterocycles. The van der Waals surface area contributed by atoms with Crippen molar-refractivity contribution in [1.29, 1.82) is 0 Å². The van der Waals surface area contributed by atoms with E-state index in [9.17, 15) is 9.59 Å². The molecule has 2 aromatic heterocycles. The number of hydrogen-bond acceptors (Lipinski definition) is 8. The maximum absolute atomic E-state index is 11.6. The molecule has 22 heavy (non-hydrogen) atoms. The van der Waals surface area contributed by atoms with Gasteiger partial charge in [-0.15, -0.1) is 11.3 Å². The quantitative estimate of drug-likeness (QED) is 0.333. The molecule has 0 aliphatic carbocycles.